The van der Waals surface area contributed by atoms with Crippen molar-refractivity contribution < 1.29 is 9.18 Å². The lowest BCUT2D eigenvalue weighted by Crippen LogP contribution is -2.13. The van der Waals surface area contributed by atoms with E-state index >= 15 is 0 Å². The topological polar surface area (TPSA) is 52.9 Å². The minimum absolute atomic E-state index is 0.0800. The van der Waals surface area contributed by atoms with E-state index < -0.39 is 11.7 Å². The summed E-state index contributed by atoms with van der Waals surface area (Å²) in [5.41, 5.74) is 1.87. The third-order valence-corrected chi connectivity index (χ3v) is 2.96. The van der Waals surface area contributed by atoms with E-state index in [1.165, 1.54) is 12.1 Å². The van der Waals surface area contributed by atoms with Crippen molar-refractivity contribution in [3.05, 3.63) is 65.0 Å². The Morgan fingerprint density at radius 3 is 2.50 bits per heavy atom. The lowest BCUT2D eigenvalue weighted by Gasteiger charge is -2.07. The SMILES string of the molecule is CCc1ccc(NC(=O)c2ccc(C#N)cc2F)cc1. The van der Waals surface area contributed by atoms with Crippen molar-refractivity contribution >= 4 is 11.6 Å². The molecule has 0 radical (unpaired) electrons. The highest BCUT2D eigenvalue weighted by Crippen LogP contribution is 2.14. The fourth-order valence-corrected chi connectivity index (χ4v) is 1.79. The van der Waals surface area contributed by atoms with Gasteiger partial charge in [0.15, 0.2) is 0 Å². The zero-order chi connectivity index (χ0) is 14.5. The molecule has 3 nitrogen and oxygen atoms in total. The van der Waals surface area contributed by atoms with Crippen LogP contribution in [0.25, 0.3) is 0 Å². The predicted molar refractivity (Wildman–Crippen MR) is 74.9 cm³/mol. The van der Waals surface area contributed by atoms with E-state index in [0.29, 0.717) is 5.69 Å². The second-order valence-electron chi connectivity index (χ2n) is 4.31. The normalized spacial score (nSPS) is 9.85. The molecule has 1 N–H and O–H groups in total. The van der Waals surface area contributed by atoms with Gasteiger partial charge < -0.3 is 5.32 Å². The first-order valence-electron chi connectivity index (χ1n) is 6.24. The fraction of sp³-hybridized carbons (Fsp3) is 0.125. The van der Waals surface area contributed by atoms with Gasteiger partial charge in [-0.3, -0.25) is 4.79 Å². The van der Waals surface area contributed by atoms with Gasteiger partial charge in [0.25, 0.3) is 5.91 Å². The van der Waals surface area contributed by atoms with Gasteiger partial charge in [0.1, 0.15) is 5.82 Å². The highest BCUT2D eigenvalue weighted by atomic mass is 19.1. The maximum atomic E-state index is 13.7. The Balaban J connectivity index is 2.17. The summed E-state index contributed by atoms with van der Waals surface area (Å²) in [7, 11) is 0. The summed E-state index contributed by atoms with van der Waals surface area (Å²) in [5.74, 6) is -1.23. The fourth-order valence-electron chi connectivity index (χ4n) is 1.79. The standard InChI is InChI=1S/C16H13FN2O/c1-2-11-3-6-13(7-4-11)19-16(20)14-8-5-12(10-18)9-15(14)17/h3-9H,2H2,1H3,(H,19,20). The van der Waals surface area contributed by atoms with E-state index in [-0.39, 0.29) is 11.1 Å². The van der Waals surface area contributed by atoms with Gasteiger partial charge in [-0.2, -0.15) is 5.26 Å². The lowest BCUT2D eigenvalue weighted by atomic mass is 10.1. The van der Waals surface area contributed by atoms with Gasteiger partial charge in [0.2, 0.25) is 0 Å². The molecule has 0 aliphatic carbocycles. The number of aryl methyl sites for hydroxylation is 1. The molecule has 0 unspecified atom stereocenters. The van der Waals surface area contributed by atoms with E-state index in [1.807, 2.05) is 25.1 Å². The summed E-state index contributed by atoms with van der Waals surface area (Å²) in [6, 6.07) is 13.0. The molecule has 0 fully saturated rings. The summed E-state index contributed by atoms with van der Waals surface area (Å²) in [6.45, 7) is 2.04. The van der Waals surface area contributed by atoms with Crippen LogP contribution in [0.4, 0.5) is 10.1 Å². The monoisotopic (exact) mass is 268 g/mol. The predicted octanol–water partition coefficient (Wildman–Crippen LogP) is 3.51. The van der Waals surface area contributed by atoms with Crippen LogP contribution < -0.4 is 5.32 Å². The van der Waals surface area contributed by atoms with Gasteiger partial charge in [0, 0.05) is 5.69 Å². The molecule has 0 aromatic heterocycles. The number of nitrogens with zero attached hydrogens (tertiary/aromatic N) is 1. The smallest absolute Gasteiger partial charge is 0.258 e. The molecule has 20 heavy (non-hydrogen) atoms. The van der Waals surface area contributed by atoms with Crippen molar-refractivity contribution in [2.45, 2.75) is 13.3 Å². The molecule has 1 amide bonds. The average Bonchev–Trinajstić information content (AvgIpc) is 2.47. The molecule has 0 aliphatic heterocycles. The van der Waals surface area contributed by atoms with Crippen molar-refractivity contribution in [1.82, 2.24) is 0 Å². The number of anilines is 1. The molecular weight excluding hydrogens is 255 g/mol. The number of rotatable bonds is 3. The van der Waals surface area contributed by atoms with E-state index in [1.54, 1.807) is 12.1 Å². The number of halogens is 1. The molecule has 100 valence electrons. The van der Waals surface area contributed by atoms with Crippen LogP contribution in [0.1, 0.15) is 28.4 Å². The third-order valence-electron chi connectivity index (χ3n) is 2.96. The van der Waals surface area contributed by atoms with Crippen molar-refractivity contribution in [3.8, 4) is 6.07 Å². The van der Waals surface area contributed by atoms with Crippen LogP contribution in [0.5, 0.6) is 0 Å². The zero-order valence-corrected chi connectivity index (χ0v) is 11.0. The summed E-state index contributed by atoms with van der Waals surface area (Å²) in [5, 5.41) is 11.3. The first-order chi connectivity index (χ1) is 9.63. The van der Waals surface area contributed by atoms with Crippen LogP contribution >= 0.6 is 0 Å². The Kier molecular flexibility index (Phi) is 4.11. The Hall–Kier alpha value is -2.67. The Morgan fingerprint density at radius 1 is 1.25 bits per heavy atom. The Labute approximate surface area is 116 Å². The molecule has 0 atom stereocenters. The molecule has 4 heteroatoms. The number of hydrogen-bond donors (Lipinski definition) is 1. The van der Waals surface area contributed by atoms with E-state index in [0.717, 1.165) is 18.1 Å². The minimum Gasteiger partial charge on any atom is -0.322 e. The molecular formula is C16H13FN2O. The minimum atomic E-state index is -0.702. The summed E-state index contributed by atoms with van der Waals surface area (Å²) < 4.78 is 13.7. The van der Waals surface area contributed by atoms with Crippen molar-refractivity contribution in [1.29, 1.82) is 5.26 Å². The first kappa shape index (κ1) is 13.8. The van der Waals surface area contributed by atoms with E-state index in [4.69, 9.17) is 5.26 Å². The van der Waals surface area contributed by atoms with E-state index in [9.17, 15) is 9.18 Å². The maximum Gasteiger partial charge on any atom is 0.258 e. The van der Waals surface area contributed by atoms with Crippen LogP contribution in [0.15, 0.2) is 42.5 Å². The van der Waals surface area contributed by atoms with Crippen LogP contribution in [-0.2, 0) is 6.42 Å². The van der Waals surface area contributed by atoms with Gasteiger partial charge in [-0.1, -0.05) is 19.1 Å². The molecule has 2 aromatic carbocycles. The number of amides is 1. The lowest BCUT2D eigenvalue weighted by molar-refractivity contribution is 0.102. The molecule has 0 spiro atoms. The van der Waals surface area contributed by atoms with Gasteiger partial charge in [-0.15, -0.1) is 0 Å². The number of hydrogen-bond acceptors (Lipinski definition) is 2. The number of benzene rings is 2. The zero-order valence-electron chi connectivity index (χ0n) is 11.0. The largest absolute Gasteiger partial charge is 0.322 e. The quantitative estimate of drug-likeness (QED) is 0.926. The number of carbonyl (C=O) groups is 1. The highest BCUT2D eigenvalue weighted by molar-refractivity contribution is 6.04. The second-order valence-corrected chi connectivity index (χ2v) is 4.31. The van der Waals surface area contributed by atoms with Crippen molar-refractivity contribution in [2.75, 3.05) is 5.32 Å². The Bertz CT molecular complexity index is 672. The van der Waals surface area contributed by atoms with Gasteiger partial charge in [0.05, 0.1) is 17.2 Å². The highest BCUT2D eigenvalue weighted by Gasteiger charge is 2.12. The van der Waals surface area contributed by atoms with Crippen molar-refractivity contribution in [3.63, 3.8) is 0 Å². The average molecular weight is 268 g/mol. The summed E-state index contributed by atoms with van der Waals surface area (Å²) in [4.78, 5) is 12.0. The van der Waals surface area contributed by atoms with Crippen LogP contribution in [-0.4, -0.2) is 5.91 Å². The van der Waals surface area contributed by atoms with Crippen LogP contribution in [0.2, 0.25) is 0 Å². The Morgan fingerprint density at radius 2 is 1.95 bits per heavy atom. The number of nitrogens with one attached hydrogen (secondary N) is 1. The maximum absolute atomic E-state index is 13.7. The number of carbonyl (C=O) groups excluding carboxylic acids is 1. The molecule has 0 aliphatic rings. The first-order valence-corrected chi connectivity index (χ1v) is 6.24. The third kappa shape index (κ3) is 3.01. The summed E-state index contributed by atoms with van der Waals surface area (Å²) in [6.07, 6.45) is 0.915. The number of nitriles is 1. The molecule has 2 aromatic rings. The molecule has 0 bridgehead atoms. The van der Waals surface area contributed by atoms with Gasteiger partial charge in [-0.25, -0.2) is 4.39 Å². The molecule has 0 saturated carbocycles. The van der Waals surface area contributed by atoms with Gasteiger partial charge in [-0.05, 0) is 42.3 Å². The van der Waals surface area contributed by atoms with Crippen LogP contribution in [0, 0.1) is 17.1 Å². The molecule has 0 saturated heterocycles. The van der Waals surface area contributed by atoms with Gasteiger partial charge >= 0.3 is 0 Å². The molecule has 2 rings (SSSR count). The summed E-state index contributed by atoms with van der Waals surface area (Å²) >= 11 is 0. The van der Waals surface area contributed by atoms with Crippen LogP contribution in [0.3, 0.4) is 0 Å². The van der Waals surface area contributed by atoms with Crippen molar-refractivity contribution in [2.24, 2.45) is 0 Å². The second kappa shape index (κ2) is 5.98. The molecule has 0 heterocycles. The van der Waals surface area contributed by atoms with E-state index in [2.05, 4.69) is 5.32 Å².